The van der Waals surface area contributed by atoms with Crippen molar-refractivity contribution < 1.29 is 0 Å². The van der Waals surface area contributed by atoms with Crippen LogP contribution >= 0.6 is 0 Å². The van der Waals surface area contributed by atoms with Crippen LogP contribution in [0.15, 0.2) is 17.2 Å². The Balaban J connectivity index is 2.84. The summed E-state index contributed by atoms with van der Waals surface area (Å²) in [7, 11) is 0. The summed E-state index contributed by atoms with van der Waals surface area (Å²) in [5.41, 5.74) is 3.69. The topological polar surface area (TPSA) is 0 Å². The van der Waals surface area contributed by atoms with Crippen molar-refractivity contribution in [3.63, 3.8) is 0 Å². The summed E-state index contributed by atoms with van der Waals surface area (Å²) in [4.78, 5) is 0. The van der Waals surface area contributed by atoms with E-state index in [0.29, 0.717) is 5.41 Å². The lowest BCUT2D eigenvalue weighted by molar-refractivity contribution is 0.360. The van der Waals surface area contributed by atoms with Crippen molar-refractivity contribution in [3.05, 3.63) is 23.3 Å². The fourth-order valence-corrected chi connectivity index (χ4v) is 2.33. The van der Waals surface area contributed by atoms with Crippen LogP contribution in [0.3, 0.4) is 0 Å². The van der Waals surface area contributed by atoms with Gasteiger partial charge in [0.25, 0.3) is 0 Å². The van der Waals surface area contributed by atoms with Crippen molar-refractivity contribution in [1.29, 1.82) is 0 Å². The number of hydrogen-bond donors (Lipinski definition) is 0. The van der Waals surface area contributed by atoms with E-state index in [9.17, 15) is 0 Å². The van der Waals surface area contributed by atoms with Crippen molar-refractivity contribution in [2.75, 3.05) is 0 Å². The predicted molar refractivity (Wildman–Crippen MR) is 58.4 cm³/mol. The van der Waals surface area contributed by atoms with Crippen molar-refractivity contribution >= 4 is 0 Å². The Bertz CT molecular complexity index is 228. The Morgan fingerprint density at radius 3 is 2.69 bits per heavy atom. The van der Waals surface area contributed by atoms with Gasteiger partial charge in [-0.2, -0.15) is 0 Å². The third-order valence-electron chi connectivity index (χ3n) is 3.20. The van der Waals surface area contributed by atoms with Gasteiger partial charge < -0.3 is 0 Å². The lowest BCUT2D eigenvalue weighted by atomic mass is 9.71. The van der Waals surface area contributed by atoms with E-state index >= 15 is 0 Å². The molecule has 0 heteroatoms. The van der Waals surface area contributed by atoms with Gasteiger partial charge in [-0.3, -0.25) is 0 Å². The smallest absolute Gasteiger partial charge is 0.0125 e. The average Bonchev–Trinajstić information content (AvgIpc) is 2.02. The van der Waals surface area contributed by atoms with E-state index in [4.69, 9.17) is 0 Å². The highest BCUT2D eigenvalue weighted by atomic mass is 14.3. The molecule has 0 aliphatic heterocycles. The second-order valence-corrected chi connectivity index (χ2v) is 4.69. The van der Waals surface area contributed by atoms with E-state index in [0.717, 1.165) is 6.42 Å². The first kappa shape index (κ1) is 10.6. The van der Waals surface area contributed by atoms with E-state index in [2.05, 4.69) is 32.9 Å². The van der Waals surface area contributed by atoms with Gasteiger partial charge >= 0.3 is 0 Å². The molecule has 0 heterocycles. The second kappa shape index (κ2) is 4.13. The maximum atomic E-state index is 3.11. The highest BCUT2D eigenvalue weighted by Crippen LogP contribution is 2.41. The second-order valence-electron chi connectivity index (χ2n) is 4.69. The SMILES string of the molecule is C/[C]=C/CC1=C(C)CCCC1(C)C. The third kappa shape index (κ3) is 2.46. The lowest BCUT2D eigenvalue weighted by Crippen LogP contribution is -2.19. The zero-order valence-corrected chi connectivity index (χ0v) is 9.41. The molecule has 0 aromatic carbocycles. The Kier molecular flexibility index (Phi) is 3.35. The summed E-state index contributed by atoms with van der Waals surface area (Å²) in [6.45, 7) is 9.01. The molecule has 0 fully saturated rings. The van der Waals surface area contributed by atoms with Crippen LogP contribution in [0.25, 0.3) is 0 Å². The quantitative estimate of drug-likeness (QED) is 0.552. The third-order valence-corrected chi connectivity index (χ3v) is 3.20. The molecule has 0 bridgehead atoms. The molecule has 0 atom stereocenters. The molecule has 0 aromatic heterocycles. The summed E-state index contributed by atoms with van der Waals surface area (Å²) in [6.07, 6.45) is 10.4. The number of allylic oxidation sites excluding steroid dienone is 4. The molecule has 0 N–H and O–H groups in total. The Labute approximate surface area is 82.7 Å². The first-order valence-corrected chi connectivity index (χ1v) is 5.26. The van der Waals surface area contributed by atoms with Gasteiger partial charge in [-0.05, 0) is 44.9 Å². The summed E-state index contributed by atoms with van der Waals surface area (Å²) in [5.74, 6) is 0. The highest BCUT2D eigenvalue weighted by molar-refractivity contribution is 5.24. The lowest BCUT2D eigenvalue weighted by Gasteiger charge is -2.34. The van der Waals surface area contributed by atoms with Gasteiger partial charge in [-0.15, -0.1) is 0 Å². The Hall–Kier alpha value is -0.520. The normalized spacial score (nSPS) is 22.8. The molecule has 1 aliphatic carbocycles. The molecule has 0 spiro atoms. The number of rotatable bonds is 2. The zero-order valence-electron chi connectivity index (χ0n) is 9.41. The van der Waals surface area contributed by atoms with Crippen LogP contribution in [0.1, 0.15) is 53.4 Å². The predicted octanol–water partition coefficient (Wildman–Crippen LogP) is 4.28. The maximum absolute atomic E-state index is 3.11. The van der Waals surface area contributed by atoms with Crippen LogP contribution in [-0.2, 0) is 0 Å². The molecule has 1 radical (unpaired) electrons. The average molecular weight is 177 g/mol. The highest BCUT2D eigenvalue weighted by Gasteiger charge is 2.26. The molecule has 1 rings (SSSR count). The van der Waals surface area contributed by atoms with Crippen LogP contribution in [-0.4, -0.2) is 0 Å². The zero-order chi connectivity index (χ0) is 9.90. The Morgan fingerprint density at radius 1 is 1.46 bits per heavy atom. The fraction of sp³-hybridized carbons (Fsp3) is 0.692. The van der Waals surface area contributed by atoms with Crippen molar-refractivity contribution in [2.24, 2.45) is 5.41 Å². The molecular weight excluding hydrogens is 156 g/mol. The van der Waals surface area contributed by atoms with Crippen LogP contribution < -0.4 is 0 Å². The van der Waals surface area contributed by atoms with E-state index in [1.165, 1.54) is 19.3 Å². The van der Waals surface area contributed by atoms with E-state index in [-0.39, 0.29) is 0 Å². The molecule has 0 nitrogen and oxygen atoms in total. The van der Waals surface area contributed by atoms with Crippen LogP contribution in [0.5, 0.6) is 0 Å². The minimum Gasteiger partial charge on any atom is -0.0772 e. The molecule has 73 valence electrons. The van der Waals surface area contributed by atoms with Gasteiger partial charge in [0.15, 0.2) is 0 Å². The van der Waals surface area contributed by atoms with Gasteiger partial charge in [-0.25, -0.2) is 0 Å². The molecule has 0 saturated heterocycles. The van der Waals surface area contributed by atoms with E-state index < -0.39 is 0 Å². The number of hydrogen-bond acceptors (Lipinski definition) is 0. The largest absolute Gasteiger partial charge is 0.0772 e. The molecule has 0 saturated carbocycles. The first-order chi connectivity index (χ1) is 6.08. The summed E-state index contributed by atoms with van der Waals surface area (Å²) < 4.78 is 0. The van der Waals surface area contributed by atoms with Crippen molar-refractivity contribution in [1.82, 2.24) is 0 Å². The van der Waals surface area contributed by atoms with E-state index in [1.807, 2.05) is 6.92 Å². The summed E-state index contributed by atoms with van der Waals surface area (Å²) in [5, 5.41) is 0. The first-order valence-electron chi connectivity index (χ1n) is 5.26. The van der Waals surface area contributed by atoms with Crippen LogP contribution in [0, 0.1) is 11.5 Å². The van der Waals surface area contributed by atoms with Gasteiger partial charge in [0, 0.05) is 0 Å². The molecule has 0 aromatic rings. The summed E-state index contributed by atoms with van der Waals surface area (Å²) >= 11 is 0. The van der Waals surface area contributed by atoms with E-state index in [1.54, 1.807) is 11.1 Å². The molecular formula is C13H21. The van der Waals surface area contributed by atoms with Gasteiger partial charge in [-0.1, -0.05) is 37.1 Å². The maximum Gasteiger partial charge on any atom is -0.0125 e. The fourth-order valence-electron chi connectivity index (χ4n) is 2.33. The van der Waals surface area contributed by atoms with Gasteiger partial charge in [0.05, 0.1) is 0 Å². The van der Waals surface area contributed by atoms with Crippen molar-refractivity contribution in [2.45, 2.75) is 53.4 Å². The van der Waals surface area contributed by atoms with Crippen molar-refractivity contribution in [3.8, 4) is 0 Å². The van der Waals surface area contributed by atoms with Gasteiger partial charge in [0.2, 0.25) is 0 Å². The Morgan fingerprint density at radius 2 is 2.15 bits per heavy atom. The monoisotopic (exact) mass is 177 g/mol. The van der Waals surface area contributed by atoms with Crippen LogP contribution in [0.4, 0.5) is 0 Å². The minimum absolute atomic E-state index is 0.426. The molecule has 0 unspecified atom stereocenters. The molecule has 1 aliphatic rings. The van der Waals surface area contributed by atoms with Crippen LogP contribution in [0.2, 0.25) is 0 Å². The van der Waals surface area contributed by atoms with Gasteiger partial charge in [0.1, 0.15) is 0 Å². The molecule has 0 amide bonds. The minimum atomic E-state index is 0.426. The molecule has 13 heavy (non-hydrogen) atoms. The summed E-state index contributed by atoms with van der Waals surface area (Å²) in [6, 6.07) is 0. The standard InChI is InChI=1S/C13H21/c1-5-6-9-12-11(2)8-7-10-13(12,3)4/h6H,7-10H2,1-4H3.